The van der Waals surface area contributed by atoms with Gasteiger partial charge in [-0.1, -0.05) is 45.8 Å². The Morgan fingerprint density at radius 2 is 1.88 bits per heavy atom. The van der Waals surface area contributed by atoms with Gasteiger partial charge in [-0.15, -0.1) is 0 Å². The summed E-state index contributed by atoms with van der Waals surface area (Å²) >= 11 is 3.39. The zero-order valence-electron chi connectivity index (χ0n) is 14.1. The van der Waals surface area contributed by atoms with E-state index in [0.29, 0.717) is 11.9 Å². The number of carbonyl (C=O) groups is 1. The zero-order chi connectivity index (χ0) is 18.0. The summed E-state index contributed by atoms with van der Waals surface area (Å²) in [5, 5.41) is 0.493. The number of aryl methyl sites for hydroxylation is 1. The molecule has 0 aliphatic heterocycles. The number of esters is 1. The van der Waals surface area contributed by atoms with Crippen LogP contribution in [0.4, 0.5) is 0 Å². The molecule has 0 unspecified atom stereocenters. The maximum absolute atomic E-state index is 12.7. The van der Waals surface area contributed by atoms with Gasteiger partial charge >= 0.3 is 5.97 Å². The van der Waals surface area contributed by atoms with E-state index in [1.54, 1.807) is 19.2 Å². The summed E-state index contributed by atoms with van der Waals surface area (Å²) in [6.45, 7) is 4.55. The van der Waals surface area contributed by atoms with Crippen molar-refractivity contribution in [1.29, 1.82) is 0 Å². The fraction of sp³-hybridized carbons (Fsp3) is 0.200. The number of ether oxygens (including phenoxy) is 1. The topological polar surface area (TPSA) is 48.3 Å². The predicted octanol–water partition coefficient (Wildman–Crippen LogP) is 4.30. The predicted molar refractivity (Wildman–Crippen MR) is 102 cm³/mol. The van der Waals surface area contributed by atoms with Crippen molar-refractivity contribution in [2.75, 3.05) is 6.61 Å². The highest BCUT2D eigenvalue weighted by Crippen LogP contribution is 2.20. The molecular weight excluding hydrogens is 382 g/mol. The van der Waals surface area contributed by atoms with Gasteiger partial charge < -0.3 is 9.30 Å². The van der Waals surface area contributed by atoms with Crippen molar-refractivity contribution in [2.24, 2.45) is 0 Å². The van der Waals surface area contributed by atoms with E-state index < -0.39 is 5.97 Å². The Labute approximate surface area is 154 Å². The lowest BCUT2D eigenvalue weighted by molar-refractivity contribution is 0.0524. The Hall–Kier alpha value is -2.40. The molecule has 128 valence electrons. The molecule has 1 aromatic heterocycles. The van der Waals surface area contributed by atoms with E-state index in [2.05, 4.69) is 15.9 Å². The minimum atomic E-state index is -0.591. The first-order valence-corrected chi connectivity index (χ1v) is 8.84. The van der Waals surface area contributed by atoms with Crippen molar-refractivity contribution >= 4 is 32.8 Å². The number of nitrogens with zero attached hydrogens (tertiary/aromatic N) is 1. The molecule has 3 aromatic rings. The number of carbonyl (C=O) groups excluding carboxylic acids is 1. The highest BCUT2D eigenvalue weighted by atomic mass is 79.9. The van der Waals surface area contributed by atoms with Crippen LogP contribution in [-0.4, -0.2) is 17.1 Å². The monoisotopic (exact) mass is 399 g/mol. The van der Waals surface area contributed by atoms with Crippen LogP contribution >= 0.6 is 15.9 Å². The van der Waals surface area contributed by atoms with Gasteiger partial charge in [0.2, 0.25) is 5.43 Å². The van der Waals surface area contributed by atoms with Gasteiger partial charge in [-0.3, -0.25) is 4.79 Å². The molecule has 25 heavy (non-hydrogen) atoms. The Morgan fingerprint density at radius 3 is 2.56 bits per heavy atom. The van der Waals surface area contributed by atoms with Gasteiger partial charge in [0, 0.05) is 22.6 Å². The third kappa shape index (κ3) is 3.66. The Kier molecular flexibility index (Phi) is 5.04. The van der Waals surface area contributed by atoms with Gasteiger partial charge in [0.25, 0.3) is 0 Å². The van der Waals surface area contributed by atoms with Crippen LogP contribution in [-0.2, 0) is 11.3 Å². The lowest BCUT2D eigenvalue weighted by atomic mass is 10.1. The molecular formula is C20H18BrNO3. The van der Waals surface area contributed by atoms with Crippen molar-refractivity contribution in [3.05, 3.63) is 80.0 Å². The van der Waals surface area contributed by atoms with Crippen molar-refractivity contribution in [3.8, 4) is 0 Å². The first-order chi connectivity index (χ1) is 12.0. The SMILES string of the molecule is CCOC(=O)c1cn(Cc2ccc(C)cc2)c2ccc(Br)cc2c1=O. The summed E-state index contributed by atoms with van der Waals surface area (Å²) in [7, 11) is 0. The molecule has 2 aromatic carbocycles. The second-order valence-corrected chi connectivity index (χ2v) is 6.78. The molecule has 0 spiro atoms. The van der Waals surface area contributed by atoms with E-state index in [-0.39, 0.29) is 17.6 Å². The van der Waals surface area contributed by atoms with Gasteiger partial charge in [0.05, 0.1) is 12.1 Å². The Bertz CT molecular complexity index is 990. The van der Waals surface area contributed by atoms with Crippen LogP contribution in [0.1, 0.15) is 28.4 Å². The van der Waals surface area contributed by atoms with Crippen LogP contribution in [0, 0.1) is 6.92 Å². The average molecular weight is 400 g/mol. The normalized spacial score (nSPS) is 10.8. The second kappa shape index (κ2) is 7.23. The van der Waals surface area contributed by atoms with E-state index in [1.165, 1.54) is 5.56 Å². The molecule has 0 atom stereocenters. The third-order valence-corrected chi connectivity index (χ3v) is 4.50. The van der Waals surface area contributed by atoms with Gasteiger partial charge in [0.1, 0.15) is 5.56 Å². The molecule has 3 rings (SSSR count). The first-order valence-electron chi connectivity index (χ1n) is 8.05. The molecule has 0 saturated heterocycles. The average Bonchev–Trinajstić information content (AvgIpc) is 2.59. The number of hydrogen-bond acceptors (Lipinski definition) is 3. The molecule has 0 saturated carbocycles. The molecule has 0 radical (unpaired) electrons. The van der Waals surface area contributed by atoms with Gasteiger partial charge in [-0.05, 0) is 37.6 Å². The Balaban J connectivity index is 2.18. The lowest BCUT2D eigenvalue weighted by Gasteiger charge is -2.14. The number of fused-ring (bicyclic) bond motifs is 1. The fourth-order valence-corrected chi connectivity index (χ4v) is 3.11. The summed E-state index contributed by atoms with van der Waals surface area (Å²) in [5.74, 6) is -0.591. The second-order valence-electron chi connectivity index (χ2n) is 5.87. The highest BCUT2D eigenvalue weighted by molar-refractivity contribution is 9.10. The van der Waals surface area contributed by atoms with Gasteiger partial charge in [-0.25, -0.2) is 4.79 Å². The van der Waals surface area contributed by atoms with E-state index >= 15 is 0 Å². The molecule has 4 nitrogen and oxygen atoms in total. The largest absolute Gasteiger partial charge is 0.462 e. The van der Waals surface area contributed by atoms with Crippen molar-refractivity contribution in [1.82, 2.24) is 4.57 Å². The minimum Gasteiger partial charge on any atom is -0.462 e. The van der Waals surface area contributed by atoms with Crippen molar-refractivity contribution < 1.29 is 9.53 Å². The molecule has 0 aliphatic carbocycles. The summed E-state index contributed by atoms with van der Waals surface area (Å²) < 4.78 is 7.75. The molecule has 5 heteroatoms. The number of halogens is 1. The van der Waals surface area contributed by atoms with Crippen LogP contribution in [0.15, 0.2) is 57.9 Å². The van der Waals surface area contributed by atoms with E-state index in [0.717, 1.165) is 15.6 Å². The molecule has 1 heterocycles. The smallest absolute Gasteiger partial charge is 0.343 e. The number of aromatic nitrogens is 1. The number of hydrogen-bond donors (Lipinski definition) is 0. The first kappa shape index (κ1) is 17.4. The fourth-order valence-electron chi connectivity index (χ4n) is 2.74. The van der Waals surface area contributed by atoms with Crippen LogP contribution in [0.5, 0.6) is 0 Å². The van der Waals surface area contributed by atoms with E-state index in [4.69, 9.17) is 4.74 Å². The third-order valence-electron chi connectivity index (χ3n) is 4.01. The maximum Gasteiger partial charge on any atom is 0.343 e. The highest BCUT2D eigenvalue weighted by Gasteiger charge is 2.16. The molecule has 0 amide bonds. The summed E-state index contributed by atoms with van der Waals surface area (Å²) in [5.41, 5.74) is 2.80. The number of rotatable bonds is 4. The molecule has 0 N–H and O–H groups in total. The van der Waals surface area contributed by atoms with Gasteiger partial charge in [-0.2, -0.15) is 0 Å². The van der Waals surface area contributed by atoms with Crippen LogP contribution < -0.4 is 5.43 Å². The number of benzene rings is 2. The van der Waals surface area contributed by atoms with E-state index in [9.17, 15) is 9.59 Å². The summed E-state index contributed by atoms with van der Waals surface area (Å²) in [6, 6.07) is 13.7. The zero-order valence-corrected chi connectivity index (χ0v) is 15.7. The molecule has 0 bridgehead atoms. The van der Waals surface area contributed by atoms with Gasteiger partial charge in [0.15, 0.2) is 0 Å². The lowest BCUT2D eigenvalue weighted by Crippen LogP contribution is -2.21. The summed E-state index contributed by atoms with van der Waals surface area (Å²) in [4.78, 5) is 24.9. The standard InChI is InChI=1S/C20H18BrNO3/c1-3-25-20(24)17-12-22(11-14-6-4-13(2)5-7-14)18-9-8-15(21)10-16(18)19(17)23/h4-10,12H,3,11H2,1-2H3. The van der Waals surface area contributed by atoms with Crippen LogP contribution in [0.3, 0.4) is 0 Å². The Morgan fingerprint density at radius 1 is 1.16 bits per heavy atom. The number of pyridine rings is 1. The van der Waals surface area contributed by atoms with Crippen LogP contribution in [0.2, 0.25) is 0 Å². The van der Waals surface area contributed by atoms with Crippen LogP contribution in [0.25, 0.3) is 10.9 Å². The minimum absolute atomic E-state index is 0.0551. The van der Waals surface area contributed by atoms with Crippen molar-refractivity contribution in [3.63, 3.8) is 0 Å². The summed E-state index contributed by atoms with van der Waals surface area (Å²) in [6.07, 6.45) is 1.59. The van der Waals surface area contributed by atoms with E-state index in [1.807, 2.05) is 47.9 Å². The molecule has 0 fully saturated rings. The van der Waals surface area contributed by atoms with Crippen molar-refractivity contribution in [2.45, 2.75) is 20.4 Å². The quantitative estimate of drug-likeness (QED) is 0.614. The molecule has 0 aliphatic rings. The maximum atomic E-state index is 12.7.